The summed E-state index contributed by atoms with van der Waals surface area (Å²) in [7, 11) is 0. The Morgan fingerprint density at radius 3 is 2.79 bits per heavy atom. The Morgan fingerprint density at radius 2 is 2.26 bits per heavy atom. The predicted molar refractivity (Wildman–Crippen MR) is 77.7 cm³/mol. The lowest BCUT2D eigenvalue weighted by molar-refractivity contribution is -0.124. The van der Waals surface area contributed by atoms with Gasteiger partial charge in [-0.3, -0.25) is 4.79 Å². The Labute approximate surface area is 116 Å². The van der Waals surface area contributed by atoms with Gasteiger partial charge in [0.05, 0.1) is 6.04 Å². The van der Waals surface area contributed by atoms with Gasteiger partial charge in [0, 0.05) is 6.42 Å². The van der Waals surface area contributed by atoms with Crippen molar-refractivity contribution >= 4 is 12.2 Å². The molecule has 0 aromatic carbocycles. The molecule has 0 aromatic heterocycles. The first-order valence-corrected chi connectivity index (χ1v) is 7.13. The van der Waals surface area contributed by atoms with E-state index >= 15 is 0 Å². The molecule has 3 heteroatoms. The Hall–Kier alpha value is -1.38. The highest BCUT2D eigenvalue weighted by molar-refractivity contribution is 5.79. The fourth-order valence-corrected chi connectivity index (χ4v) is 2.15. The number of amides is 1. The van der Waals surface area contributed by atoms with Crippen LogP contribution in [0.5, 0.6) is 0 Å². The maximum Gasteiger partial charge on any atom is 0.220 e. The predicted octanol–water partition coefficient (Wildman–Crippen LogP) is 3.02. The van der Waals surface area contributed by atoms with E-state index in [9.17, 15) is 9.59 Å². The average Bonchev–Trinajstić information content (AvgIpc) is 2.36. The number of allylic oxidation sites excluding steroid dienone is 4. The van der Waals surface area contributed by atoms with Crippen LogP contribution in [0, 0.1) is 11.8 Å². The van der Waals surface area contributed by atoms with E-state index in [1.807, 2.05) is 13.8 Å². The largest absolute Gasteiger partial charge is 0.347 e. The number of carbonyl (C=O) groups is 2. The zero-order valence-corrected chi connectivity index (χ0v) is 12.2. The Bertz CT molecular complexity index is 369. The first-order chi connectivity index (χ1) is 9.01. The molecule has 19 heavy (non-hydrogen) atoms. The van der Waals surface area contributed by atoms with Crippen molar-refractivity contribution in [2.45, 2.75) is 52.5 Å². The number of hydrogen-bond donors (Lipinski definition) is 1. The van der Waals surface area contributed by atoms with Crippen molar-refractivity contribution in [2.24, 2.45) is 11.8 Å². The van der Waals surface area contributed by atoms with Crippen LogP contribution in [0.4, 0.5) is 0 Å². The zero-order chi connectivity index (χ0) is 14.3. The number of hydrogen-bond acceptors (Lipinski definition) is 2. The molecule has 3 nitrogen and oxygen atoms in total. The third-order valence-corrected chi connectivity index (χ3v) is 3.27. The molecule has 0 saturated heterocycles. The summed E-state index contributed by atoms with van der Waals surface area (Å²) in [4.78, 5) is 22.7. The van der Waals surface area contributed by atoms with E-state index in [1.54, 1.807) is 0 Å². The maximum atomic E-state index is 11.8. The molecule has 2 unspecified atom stereocenters. The minimum absolute atomic E-state index is 0.0364. The van der Waals surface area contributed by atoms with E-state index in [-0.39, 0.29) is 11.9 Å². The monoisotopic (exact) mass is 263 g/mol. The third kappa shape index (κ3) is 6.37. The quantitative estimate of drug-likeness (QED) is 0.718. The number of nitrogens with one attached hydrogen (secondary N) is 1. The van der Waals surface area contributed by atoms with Crippen LogP contribution >= 0.6 is 0 Å². The fraction of sp³-hybridized carbons (Fsp3) is 0.625. The lowest BCUT2D eigenvalue weighted by Crippen LogP contribution is -2.36. The summed E-state index contributed by atoms with van der Waals surface area (Å²) in [6, 6.07) is -0.344. The summed E-state index contributed by atoms with van der Waals surface area (Å²) >= 11 is 0. The van der Waals surface area contributed by atoms with E-state index in [2.05, 4.69) is 30.5 Å². The molecule has 106 valence electrons. The lowest BCUT2D eigenvalue weighted by atomic mass is 9.96. The highest BCUT2D eigenvalue weighted by Gasteiger charge is 2.13. The maximum absolute atomic E-state index is 11.8. The Morgan fingerprint density at radius 1 is 1.53 bits per heavy atom. The molecule has 0 heterocycles. The van der Waals surface area contributed by atoms with Crippen molar-refractivity contribution in [1.82, 2.24) is 5.32 Å². The molecule has 1 aliphatic carbocycles. The van der Waals surface area contributed by atoms with Crippen molar-refractivity contribution in [1.29, 1.82) is 0 Å². The lowest BCUT2D eigenvalue weighted by Gasteiger charge is -2.15. The van der Waals surface area contributed by atoms with Crippen LogP contribution in [0.3, 0.4) is 0 Å². The molecule has 0 radical (unpaired) electrons. The van der Waals surface area contributed by atoms with E-state index in [0.717, 1.165) is 19.1 Å². The summed E-state index contributed by atoms with van der Waals surface area (Å²) < 4.78 is 0. The van der Waals surface area contributed by atoms with Crippen molar-refractivity contribution < 1.29 is 9.59 Å². The second-order valence-corrected chi connectivity index (χ2v) is 5.79. The first kappa shape index (κ1) is 15.7. The Balaban J connectivity index is 2.31. The molecule has 0 bridgehead atoms. The molecule has 0 spiro atoms. The van der Waals surface area contributed by atoms with E-state index in [1.165, 1.54) is 5.57 Å². The summed E-state index contributed by atoms with van der Waals surface area (Å²) in [6.45, 7) is 6.26. The second-order valence-electron chi connectivity index (χ2n) is 5.79. The zero-order valence-electron chi connectivity index (χ0n) is 12.2. The van der Waals surface area contributed by atoms with Gasteiger partial charge in [0.2, 0.25) is 5.91 Å². The summed E-state index contributed by atoms with van der Waals surface area (Å²) in [5.41, 5.74) is 1.22. The van der Waals surface area contributed by atoms with Gasteiger partial charge >= 0.3 is 0 Å². The number of carbonyl (C=O) groups excluding carboxylic acids is 2. The van der Waals surface area contributed by atoms with Crippen molar-refractivity contribution in [2.75, 3.05) is 0 Å². The van der Waals surface area contributed by atoms with Crippen molar-refractivity contribution in [3.8, 4) is 0 Å². The van der Waals surface area contributed by atoms with Gasteiger partial charge in [-0.25, -0.2) is 0 Å². The fourth-order valence-electron chi connectivity index (χ4n) is 2.15. The molecule has 0 aromatic rings. The molecule has 1 aliphatic rings. The summed E-state index contributed by atoms with van der Waals surface area (Å²) in [5, 5.41) is 2.79. The molecule has 0 fully saturated rings. The van der Waals surface area contributed by atoms with Crippen LogP contribution in [-0.4, -0.2) is 18.2 Å². The average molecular weight is 263 g/mol. The van der Waals surface area contributed by atoms with Gasteiger partial charge in [-0.1, -0.05) is 44.6 Å². The normalized spacial score (nSPS) is 20.0. The van der Waals surface area contributed by atoms with Gasteiger partial charge in [-0.2, -0.15) is 0 Å². The van der Waals surface area contributed by atoms with Crippen molar-refractivity contribution in [3.63, 3.8) is 0 Å². The molecule has 1 N–H and O–H groups in total. The van der Waals surface area contributed by atoms with Crippen LogP contribution in [0.15, 0.2) is 23.8 Å². The van der Waals surface area contributed by atoms with Gasteiger partial charge < -0.3 is 10.1 Å². The molecular formula is C16H25NO2. The van der Waals surface area contributed by atoms with Gasteiger partial charge in [-0.15, -0.1) is 0 Å². The molecule has 2 atom stereocenters. The first-order valence-electron chi connectivity index (χ1n) is 7.13. The number of rotatable bonds is 7. The van der Waals surface area contributed by atoms with Crippen LogP contribution in [0.1, 0.15) is 46.5 Å². The van der Waals surface area contributed by atoms with E-state index in [0.29, 0.717) is 24.7 Å². The van der Waals surface area contributed by atoms with Gasteiger partial charge in [0.1, 0.15) is 6.29 Å². The number of aldehydes is 1. The summed E-state index contributed by atoms with van der Waals surface area (Å²) in [5.74, 6) is 0.967. The molecule has 1 rings (SSSR count). The van der Waals surface area contributed by atoms with Crippen molar-refractivity contribution in [3.05, 3.63) is 23.8 Å². The van der Waals surface area contributed by atoms with Crippen LogP contribution in [-0.2, 0) is 9.59 Å². The SMILES string of the molecule is CC(C)CC(C=O)NC(=O)CCC1=CCC(C)C=C1. The van der Waals surface area contributed by atoms with Crippen LogP contribution in [0.2, 0.25) is 0 Å². The molecule has 0 saturated carbocycles. The second kappa shape index (κ2) is 7.93. The summed E-state index contributed by atoms with van der Waals surface area (Å²) in [6.07, 6.45) is 10.3. The van der Waals surface area contributed by atoms with Gasteiger partial charge in [-0.05, 0) is 31.1 Å². The third-order valence-electron chi connectivity index (χ3n) is 3.27. The van der Waals surface area contributed by atoms with Crippen LogP contribution < -0.4 is 5.32 Å². The van der Waals surface area contributed by atoms with Crippen LogP contribution in [0.25, 0.3) is 0 Å². The topological polar surface area (TPSA) is 46.2 Å². The molecular weight excluding hydrogens is 238 g/mol. The molecule has 1 amide bonds. The molecule has 0 aliphatic heterocycles. The van der Waals surface area contributed by atoms with E-state index < -0.39 is 0 Å². The minimum atomic E-state index is -0.344. The standard InChI is InChI=1S/C16H25NO2/c1-12(2)10-15(11-18)17-16(19)9-8-14-6-4-13(3)5-7-14/h4,6-7,11-13,15H,5,8-10H2,1-3H3,(H,17,19). The smallest absolute Gasteiger partial charge is 0.220 e. The van der Waals surface area contributed by atoms with E-state index in [4.69, 9.17) is 0 Å². The highest BCUT2D eigenvalue weighted by atomic mass is 16.2. The Kier molecular flexibility index (Phi) is 6.54. The minimum Gasteiger partial charge on any atom is -0.347 e. The van der Waals surface area contributed by atoms with Gasteiger partial charge in [0.25, 0.3) is 0 Å². The highest BCUT2D eigenvalue weighted by Crippen LogP contribution is 2.18. The van der Waals surface area contributed by atoms with Gasteiger partial charge in [0.15, 0.2) is 0 Å².